The maximum Gasteiger partial charge on any atom is 0.233 e. The molecule has 160 valence electrons. The molecule has 8 nitrogen and oxygen atoms in total. The lowest BCUT2D eigenvalue weighted by atomic mass is 9.89. The molecule has 2 aromatic rings. The quantitative estimate of drug-likeness (QED) is 0.362. The molecular formula is C20H23N3O5S2. The maximum atomic E-state index is 13.1. The fourth-order valence-electron chi connectivity index (χ4n) is 3.34. The smallest absolute Gasteiger partial charge is 0.233 e. The average Bonchev–Trinajstić information content (AvgIpc) is 3.26. The molecule has 0 radical (unpaired) electrons. The molecule has 1 saturated heterocycles. The minimum Gasteiger partial charge on any atom is -0.380 e. The standard InChI is InChI=1S/C20H23N3O5S2/c1-14-12-20(26-3,8-10-27-14)18-13-22-19(29-18)30(24,25)17-6-4-16(5-7-17)15(2)23-28-11-9-21/h4-7,13-14H,8,10-12H2,1-3H3/b23-15+/t14-,20+/m0/s1. The van der Waals surface area contributed by atoms with Crippen LogP contribution in [0, 0.1) is 11.3 Å². The zero-order valence-corrected chi connectivity index (χ0v) is 18.6. The van der Waals surface area contributed by atoms with Crippen molar-refractivity contribution in [2.75, 3.05) is 20.3 Å². The van der Waals surface area contributed by atoms with Crippen molar-refractivity contribution < 1.29 is 22.7 Å². The summed E-state index contributed by atoms with van der Waals surface area (Å²) in [6.45, 7) is 4.09. The first kappa shape index (κ1) is 22.4. The highest BCUT2D eigenvalue weighted by Gasteiger charge is 2.40. The zero-order chi connectivity index (χ0) is 21.8. The Morgan fingerprint density at radius 3 is 2.80 bits per heavy atom. The lowest BCUT2D eigenvalue weighted by Crippen LogP contribution is -2.38. The summed E-state index contributed by atoms with van der Waals surface area (Å²) in [7, 11) is -2.13. The zero-order valence-electron chi connectivity index (χ0n) is 17.0. The van der Waals surface area contributed by atoms with Crippen LogP contribution in [0.4, 0.5) is 0 Å². The molecule has 10 heteroatoms. The van der Waals surface area contributed by atoms with Crippen LogP contribution in [0.15, 0.2) is 44.9 Å². The van der Waals surface area contributed by atoms with E-state index in [1.54, 1.807) is 32.4 Å². The molecule has 30 heavy (non-hydrogen) atoms. The fraction of sp³-hybridized carbons (Fsp3) is 0.450. The summed E-state index contributed by atoms with van der Waals surface area (Å²) < 4.78 is 37.6. The van der Waals surface area contributed by atoms with E-state index in [1.807, 2.05) is 13.0 Å². The molecule has 0 amide bonds. The minimum absolute atomic E-state index is 0.0236. The summed E-state index contributed by atoms with van der Waals surface area (Å²) in [5, 5.41) is 12.3. The van der Waals surface area contributed by atoms with Crippen LogP contribution in [0.3, 0.4) is 0 Å². The highest BCUT2D eigenvalue weighted by atomic mass is 32.2. The Morgan fingerprint density at radius 2 is 2.17 bits per heavy atom. The SMILES string of the molecule is CO[C@]1(c2cnc(S(=O)(=O)c3ccc(/C(C)=N/OCC#N)cc3)s2)CCO[C@@H](C)C1. The van der Waals surface area contributed by atoms with Gasteiger partial charge in [-0.1, -0.05) is 17.3 Å². The van der Waals surface area contributed by atoms with Crippen molar-refractivity contribution >= 4 is 26.9 Å². The molecule has 0 N–H and O–H groups in total. The predicted molar refractivity (Wildman–Crippen MR) is 111 cm³/mol. The second-order valence-corrected chi connectivity index (χ2v) is 10.1. The molecule has 0 spiro atoms. The minimum atomic E-state index is -3.76. The number of nitriles is 1. The molecule has 0 aliphatic carbocycles. The molecule has 3 rings (SSSR count). The fourth-order valence-corrected chi connectivity index (χ4v) is 6.08. The molecule has 1 aliphatic rings. The van der Waals surface area contributed by atoms with Gasteiger partial charge in [-0.25, -0.2) is 13.4 Å². The van der Waals surface area contributed by atoms with Crippen molar-refractivity contribution in [3.8, 4) is 6.07 Å². The molecule has 1 aromatic carbocycles. The van der Waals surface area contributed by atoms with Crippen molar-refractivity contribution in [1.82, 2.24) is 4.98 Å². The largest absolute Gasteiger partial charge is 0.380 e. The highest BCUT2D eigenvalue weighted by Crippen LogP contribution is 2.41. The van der Waals surface area contributed by atoms with Gasteiger partial charge in [-0.15, -0.1) is 11.3 Å². The third kappa shape index (κ3) is 4.54. The topological polar surface area (TPSA) is 111 Å². The van der Waals surface area contributed by atoms with Crippen molar-refractivity contribution in [2.45, 2.75) is 47.6 Å². The highest BCUT2D eigenvalue weighted by molar-refractivity contribution is 7.93. The van der Waals surface area contributed by atoms with Crippen molar-refractivity contribution in [3.05, 3.63) is 40.9 Å². The first-order chi connectivity index (χ1) is 14.3. The van der Waals surface area contributed by atoms with Gasteiger partial charge >= 0.3 is 0 Å². The number of hydrogen-bond donors (Lipinski definition) is 0. The van der Waals surface area contributed by atoms with Crippen molar-refractivity contribution in [1.29, 1.82) is 5.26 Å². The van der Waals surface area contributed by atoms with Crippen molar-refractivity contribution in [2.24, 2.45) is 5.16 Å². The van der Waals surface area contributed by atoms with E-state index in [0.29, 0.717) is 30.7 Å². The van der Waals surface area contributed by atoms with Crippen LogP contribution in [0.5, 0.6) is 0 Å². The Labute approximate surface area is 180 Å². The van der Waals surface area contributed by atoms with E-state index in [4.69, 9.17) is 19.6 Å². The van der Waals surface area contributed by atoms with Crippen LogP contribution in [-0.2, 0) is 29.7 Å². The van der Waals surface area contributed by atoms with Gasteiger partial charge in [0.25, 0.3) is 0 Å². The summed E-state index contributed by atoms with van der Waals surface area (Å²) in [6, 6.07) is 8.14. The van der Waals surface area contributed by atoms with Gasteiger partial charge in [-0.2, -0.15) is 5.26 Å². The summed E-state index contributed by atoms with van der Waals surface area (Å²) in [5.41, 5.74) is 0.659. The Morgan fingerprint density at radius 1 is 1.43 bits per heavy atom. The van der Waals surface area contributed by atoms with E-state index in [-0.39, 0.29) is 21.9 Å². The molecule has 2 atom stereocenters. The summed E-state index contributed by atoms with van der Waals surface area (Å²) in [5.74, 6) is 0. The lowest BCUT2D eigenvalue weighted by Gasteiger charge is -2.37. The molecule has 1 fully saturated rings. The third-order valence-electron chi connectivity index (χ3n) is 4.99. The first-order valence-electron chi connectivity index (χ1n) is 9.34. The van der Waals surface area contributed by atoms with E-state index in [2.05, 4.69) is 10.1 Å². The van der Waals surface area contributed by atoms with Crippen LogP contribution in [0.25, 0.3) is 0 Å². The van der Waals surface area contributed by atoms with Crippen molar-refractivity contribution in [3.63, 3.8) is 0 Å². The van der Waals surface area contributed by atoms with E-state index >= 15 is 0 Å². The van der Waals surface area contributed by atoms with Gasteiger partial charge in [0.15, 0.2) is 0 Å². The molecule has 1 aliphatic heterocycles. The van der Waals surface area contributed by atoms with Crippen LogP contribution in [0.1, 0.15) is 37.1 Å². The first-order valence-corrected chi connectivity index (χ1v) is 11.6. The second kappa shape index (κ2) is 9.22. The molecule has 2 heterocycles. The molecule has 1 aromatic heterocycles. The third-order valence-corrected chi connectivity index (χ3v) is 8.34. The van der Waals surface area contributed by atoms with E-state index in [1.165, 1.54) is 12.1 Å². The van der Waals surface area contributed by atoms with E-state index in [0.717, 1.165) is 16.2 Å². The molecule has 0 saturated carbocycles. The number of hydrogen-bond acceptors (Lipinski definition) is 9. The number of benzene rings is 1. The Kier molecular flexibility index (Phi) is 6.88. The van der Waals surface area contributed by atoms with Gasteiger partial charge in [0, 0.05) is 26.1 Å². The lowest BCUT2D eigenvalue weighted by molar-refractivity contribution is -0.120. The van der Waals surface area contributed by atoms with Gasteiger partial charge in [-0.05, 0) is 31.5 Å². The van der Waals surface area contributed by atoms with Gasteiger partial charge in [0.2, 0.25) is 20.8 Å². The van der Waals surface area contributed by atoms with E-state index < -0.39 is 15.4 Å². The van der Waals surface area contributed by atoms with Gasteiger partial charge in [0.05, 0.1) is 28.2 Å². The Bertz CT molecular complexity index is 1060. The second-order valence-electron chi connectivity index (χ2n) is 6.96. The summed E-state index contributed by atoms with van der Waals surface area (Å²) in [6.07, 6.45) is 2.91. The number of aromatic nitrogens is 1. The average molecular weight is 450 g/mol. The number of thiazole rings is 1. The number of methoxy groups -OCH3 is 1. The van der Waals surface area contributed by atoms with Gasteiger partial charge < -0.3 is 14.3 Å². The van der Waals surface area contributed by atoms with Crippen LogP contribution in [-0.4, -0.2) is 45.5 Å². The monoisotopic (exact) mass is 449 g/mol. The van der Waals surface area contributed by atoms with Crippen LogP contribution < -0.4 is 0 Å². The van der Waals surface area contributed by atoms with E-state index in [9.17, 15) is 8.42 Å². The molecular weight excluding hydrogens is 426 g/mol. The number of sulfone groups is 1. The Hall–Kier alpha value is -2.32. The van der Waals surface area contributed by atoms with Crippen LogP contribution >= 0.6 is 11.3 Å². The number of nitrogens with zero attached hydrogens (tertiary/aromatic N) is 3. The van der Waals surface area contributed by atoms with Gasteiger partial charge in [0.1, 0.15) is 11.7 Å². The number of ether oxygens (including phenoxy) is 2. The molecule has 0 bridgehead atoms. The summed E-state index contributed by atoms with van der Waals surface area (Å²) in [4.78, 5) is 9.96. The predicted octanol–water partition coefficient (Wildman–Crippen LogP) is 3.28. The van der Waals surface area contributed by atoms with Crippen LogP contribution in [0.2, 0.25) is 0 Å². The number of oxime groups is 1. The maximum absolute atomic E-state index is 13.1. The Balaban J connectivity index is 1.84. The summed E-state index contributed by atoms with van der Waals surface area (Å²) >= 11 is 1.14. The molecule has 0 unspecified atom stereocenters. The normalized spacial score (nSPS) is 22.5. The number of rotatable bonds is 7. The van der Waals surface area contributed by atoms with Gasteiger partial charge in [-0.3, -0.25) is 0 Å².